The van der Waals surface area contributed by atoms with E-state index in [9.17, 15) is 19.2 Å². The Morgan fingerprint density at radius 3 is 2.49 bits per heavy atom. The highest BCUT2D eigenvalue weighted by molar-refractivity contribution is 8.00. The summed E-state index contributed by atoms with van der Waals surface area (Å²) in [5.41, 5.74) is 15.8. The number of nitrogens with one attached hydrogen (secondary N) is 2. The largest absolute Gasteiger partial charge is 0.496 e. The van der Waals surface area contributed by atoms with Crippen molar-refractivity contribution >= 4 is 58.3 Å². The number of piperazine rings is 1. The van der Waals surface area contributed by atoms with Gasteiger partial charge in [0.05, 0.1) is 83.0 Å². The average Bonchev–Trinajstić information content (AvgIpc) is 3.90. The summed E-state index contributed by atoms with van der Waals surface area (Å²) in [5.74, 6) is -1.27. The summed E-state index contributed by atoms with van der Waals surface area (Å²) in [4.78, 5) is 60.8. The van der Waals surface area contributed by atoms with Crippen molar-refractivity contribution in [2.24, 2.45) is 5.73 Å². The smallest absolute Gasteiger partial charge is 0.321 e. The van der Waals surface area contributed by atoms with Crippen LogP contribution in [0.15, 0.2) is 36.7 Å². The minimum Gasteiger partial charge on any atom is -0.496 e. The average molecular weight is 897 g/mol. The molecule has 4 aromatic rings. The number of anilines is 2. The molecule has 21 nitrogen and oxygen atoms in total. The molecule has 0 radical (unpaired) electrons. The van der Waals surface area contributed by atoms with E-state index in [-0.39, 0.29) is 30.6 Å². The number of thioether (sulfide) groups is 1. The molecule has 1 aliphatic rings. The van der Waals surface area contributed by atoms with Crippen LogP contribution in [-0.2, 0) is 54.8 Å². The Hall–Kier alpha value is -5.55. The van der Waals surface area contributed by atoms with Gasteiger partial charge >= 0.3 is 11.9 Å². The number of nitrogens with two attached hydrogens (primary N) is 2. The van der Waals surface area contributed by atoms with Crippen LogP contribution >= 0.6 is 11.8 Å². The Kier molecular flexibility index (Phi) is 19.2. The normalized spacial score (nSPS) is 14.1. The van der Waals surface area contributed by atoms with Crippen molar-refractivity contribution in [3.05, 3.63) is 53.5 Å². The number of rotatable bonds is 28. The van der Waals surface area contributed by atoms with Crippen LogP contribution in [0.4, 0.5) is 11.8 Å². The van der Waals surface area contributed by atoms with Gasteiger partial charge in [-0.15, -0.1) is 16.9 Å². The van der Waals surface area contributed by atoms with E-state index in [1.165, 1.54) is 0 Å². The lowest BCUT2D eigenvalue weighted by Gasteiger charge is -2.35. The number of aromatic nitrogens is 6. The second kappa shape index (κ2) is 24.9. The van der Waals surface area contributed by atoms with Crippen molar-refractivity contribution in [2.45, 2.75) is 76.5 Å². The minimum atomic E-state index is -1.24. The van der Waals surface area contributed by atoms with Gasteiger partial charge in [0.25, 0.3) is 0 Å². The number of carbonyl (C=O) groups is 4. The predicted molar refractivity (Wildman–Crippen MR) is 236 cm³/mol. The predicted octanol–water partition coefficient (Wildman–Crippen LogP) is 1.64. The highest BCUT2D eigenvalue weighted by atomic mass is 32.2. The molecule has 2 unspecified atom stereocenters. The molecule has 0 spiro atoms. The number of amides is 2. The molecular formula is C41H60N12O9S. The lowest BCUT2D eigenvalue weighted by molar-refractivity contribution is -0.138. The van der Waals surface area contributed by atoms with Gasteiger partial charge in [-0.25, -0.2) is 9.67 Å². The first-order valence-corrected chi connectivity index (χ1v) is 22.1. The topological polar surface area (TPSA) is 280 Å². The summed E-state index contributed by atoms with van der Waals surface area (Å²) in [7, 11) is 1.69. The summed E-state index contributed by atoms with van der Waals surface area (Å²) in [6, 6.07) is 7.06. The van der Waals surface area contributed by atoms with Crippen LogP contribution in [0.1, 0.15) is 55.8 Å². The maximum absolute atomic E-state index is 12.9. The number of unbranched alkanes of at least 4 members (excludes halogenated alkanes) is 2. The molecule has 1 saturated heterocycles. The van der Waals surface area contributed by atoms with E-state index >= 15 is 0 Å². The summed E-state index contributed by atoms with van der Waals surface area (Å²) in [6.45, 7) is 8.80. The van der Waals surface area contributed by atoms with Crippen LogP contribution in [0.5, 0.6) is 5.75 Å². The first-order valence-electron chi connectivity index (χ1n) is 21.1. The number of nitrogen functional groups attached to an aromatic ring is 1. The summed E-state index contributed by atoms with van der Waals surface area (Å²) < 4.78 is 20.8. The number of carboxylic acids is 2. The van der Waals surface area contributed by atoms with E-state index in [4.69, 9.17) is 35.9 Å². The zero-order valence-corrected chi connectivity index (χ0v) is 36.8. The SMILES string of the molecule is CCCCCNc1nc(N)nc2ccn(Cc3ccc(CN4CCN(C(=O)CCOCCOCCn5cc(CNC(=O)C(CC(=O)O)SCC(N)C(=O)O)nn5)CC4)cc3OC)c12. The highest BCUT2D eigenvalue weighted by Gasteiger charge is 2.25. The number of hydrogen-bond acceptors (Lipinski definition) is 16. The molecule has 1 fully saturated rings. The fourth-order valence-electron chi connectivity index (χ4n) is 6.87. The number of benzene rings is 1. The van der Waals surface area contributed by atoms with Crippen LogP contribution in [0.25, 0.3) is 11.0 Å². The number of carboxylic acid groups (broad SMARTS) is 2. The van der Waals surface area contributed by atoms with Crippen LogP contribution in [0.2, 0.25) is 0 Å². The highest BCUT2D eigenvalue weighted by Crippen LogP contribution is 2.28. The van der Waals surface area contributed by atoms with E-state index in [2.05, 4.69) is 65.5 Å². The molecule has 3 aromatic heterocycles. The van der Waals surface area contributed by atoms with E-state index in [0.717, 1.165) is 90.9 Å². The first kappa shape index (κ1) is 48.5. The zero-order valence-electron chi connectivity index (χ0n) is 35.9. The molecule has 1 aliphatic heterocycles. The van der Waals surface area contributed by atoms with Gasteiger partial charge in [0.2, 0.25) is 17.8 Å². The molecular weight excluding hydrogens is 837 g/mol. The van der Waals surface area contributed by atoms with Crippen LogP contribution in [0.3, 0.4) is 0 Å². The fourth-order valence-corrected chi connectivity index (χ4v) is 7.95. The van der Waals surface area contributed by atoms with Gasteiger partial charge in [-0.05, 0) is 24.1 Å². The number of hydrogen-bond donors (Lipinski definition) is 6. The van der Waals surface area contributed by atoms with Crippen LogP contribution in [-0.4, -0.2) is 157 Å². The van der Waals surface area contributed by atoms with Gasteiger partial charge in [0.15, 0.2) is 5.82 Å². The Morgan fingerprint density at radius 1 is 0.984 bits per heavy atom. The number of methoxy groups -OCH3 is 1. The molecule has 0 aliphatic carbocycles. The maximum atomic E-state index is 12.9. The third-order valence-electron chi connectivity index (χ3n) is 10.3. The molecule has 5 rings (SSSR count). The molecule has 8 N–H and O–H groups in total. The van der Waals surface area contributed by atoms with E-state index < -0.39 is 35.6 Å². The third kappa shape index (κ3) is 15.3. The number of aliphatic carboxylic acids is 2. The van der Waals surface area contributed by atoms with Gasteiger partial charge in [-0.3, -0.25) is 24.1 Å². The number of ether oxygens (including phenoxy) is 3. The third-order valence-corrected chi connectivity index (χ3v) is 11.6. The standard InChI is InChI=1S/C41H60N12O9S/c1-3-4-5-10-44-38-37-32(46-41(43)47-38)8-11-52(37)25-29-7-6-28(21-33(29)60-2)24-50-12-14-51(15-13-50)35(54)9-17-61-19-20-62-18-16-53-26-30(48-49-53)23-45-39(57)34(22-36(55)56)63-27-31(42)40(58)59/h6-8,11,21,26,31,34H,3-5,9-10,12-20,22-25,27,42H2,1-2H3,(H,45,57)(H,55,56)(H,58,59)(H3,43,44,46,47). The van der Waals surface area contributed by atoms with E-state index in [1.807, 2.05) is 17.2 Å². The summed E-state index contributed by atoms with van der Waals surface area (Å²) in [6.07, 6.45) is 6.76. The molecule has 0 saturated carbocycles. The molecule has 2 atom stereocenters. The lowest BCUT2D eigenvalue weighted by Crippen LogP contribution is -2.48. The number of nitrogens with zero attached hydrogens (tertiary/aromatic N) is 8. The van der Waals surface area contributed by atoms with Gasteiger partial charge in [0.1, 0.15) is 23.0 Å². The number of fused-ring (bicyclic) bond motifs is 1. The van der Waals surface area contributed by atoms with Gasteiger partial charge in [-0.1, -0.05) is 37.1 Å². The molecule has 63 heavy (non-hydrogen) atoms. The fraction of sp³-hybridized carbons (Fsp3) is 0.561. The Labute approximate surface area is 370 Å². The Morgan fingerprint density at radius 2 is 1.76 bits per heavy atom. The van der Waals surface area contributed by atoms with E-state index in [1.54, 1.807) is 18.0 Å². The lowest BCUT2D eigenvalue weighted by atomic mass is 10.1. The van der Waals surface area contributed by atoms with Crippen molar-refractivity contribution in [1.29, 1.82) is 0 Å². The quantitative estimate of drug-likeness (QED) is 0.0442. The monoisotopic (exact) mass is 896 g/mol. The first-order chi connectivity index (χ1) is 30.4. The molecule has 4 heterocycles. The summed E-state index contributed by atoms with van der Waals surface area (Å²) >= 11 is 0.871. The van der Waals surface area contributed by atoms with Crippen molar-refractivity contribution in [2.75, 3.05) is 83.1 Å². The minimum absolute atomic E-state index is 0.00912. The van der Waals surface area contributed by atoms with Crippen molar-refractivity contribution < 1.29 is 43.6 Å². The second-order valence-corrected chi connectivity index (χ2v) is 16.3. The van der Waals surface area contributed by atoms with Crippen LogP contribution in [0, 0.1) is 0 Å². The van der Waals surface area contributed by atoms with Crippen molar-refractivity contribution in [3.63, 3.8) is 0 Å². The van der Waals surface area contributed by atoms with Gasteiger partial charge in [-0.2, -0.15) is 4.98 Å². The molecule has 2 amide bonds. The van der Waals surface area contributed by atoms with Crippen molar-refractivity contribution in [1.82, 2.24) is 44.6 Å². The molecule has 344 valence electrons. The van der Waals surface area contributed by atoms with Crippen LogP contribution < -0.4 is 26.8 Å². The van der Waals surface area contributed by atoms with Gasteiger partial charge in [0, 0.05) is 56.8 Å². The van der Waals surface area contributed by atoms with Gasteiger partial charge < -0.3 is 56.0 Å². The second-order valence-electron chi connectivity index (χ2n) is 15.1. The maximum Gasteiger partial charge on any atom is 0.321 e. The molecule has 22 heteroatoms. The summed E-state index contributed by atoms with van der Waals surface area (Å²) in [5, 5.41) is 31.2. The molecule has 0 bridgehead atoms. The number of carbonyl (C=O) groups excluding carboxylic acids is 2. The Bertz CT molecular complexity index is 2110. The Balaban J connectivity index is 0.948. The zero-order chi connectivity index (χ0) is 45.1. The van der Waals surface area contributed by atoms with E-state index in [0.29, 0.717) is 58.3 Å². The molecule has 1 aromatic carbocycles. The van der Waals surface area contributed by atoms with Crippen molar-refractivity contribution in [3.8, 4) is 5.75 Å².